The van der Waals surface area contributed by atoms with E-state index in [2.05, 4.69) is 31.6 Å². The zero-order valence-corrected chi connectivity index (χ0v) is 10.5. The third-order valence-corrected chi connectivity index (χ3v) is 3.93. The Morgan fingerprint density at radius 3 is 2.54 bits per heavy atom. The lowest BCUT2D eigenvalue weighted by molar-refractivity contribution is 0.0330. The van der Waals surface area contributed by atoms with Crippen molar-refractivity contribution >= 4 is 8.07 Å². The minimum Gasteiger partial charge on any atom is -0.380 e. The second-order valence-electron chi connectivity index (χ2n) is 5.35. The van der Waals surface area contributed by atoms with Crippen LogP contribution in [0.2, 0.25) is 19.6 Å². The van der Waals surface area contributed by atoms with E-state index in [-0.39, 0.29) is 0 Å². The monoisotopic (exact) mass is 201 g/mol. The van der Waals surface area contributed by atoms with Crippen LogP contribution >= 0.6 is 0 Å². The average molecular weight is 201 g/mol. The van der Waals surface area contributed by atoms with Gasteiger partial charge in [-0.1, -0.05) is 19.6 Å². The summed E-state index contributed by atoms with van der Waals surface area (Å²) in [5.41, 5.74) is 0. The lowest BCUT2D eigenvalue weighted by Gasteiger charge is -2.34. The van der Waals surface area contributed by atoms with E-state index < -0.39 is 8.07 Å². The Bertz CT molecular complexity index is 149. The summed E-state index contributed by atoms with van der Waals surface area (Å²) in [6, 6.07) is 0.681. The fourth-order valence-electron chi connectivity index (χ4n) is 1.95. The van der Waals surface area contributed by atoms with Gasteiger partial charge in [-0.05, 0) is 26.1 Å². The SMILES string of the molecule is CN(C[Si](C)(C)C)C1CCCOC1. The number of hydrogen-bond donors (Lipinski definition) is 0. The zero-order chi connectivity index (χ0) is 9.90. The second-order valence-corrected chi connectivity index (χ2v) is 10.8. The molecule has 1 saturated heterocycles. The Balaban J connectivity index is 2.33. The van der Waals surface area contributed by atoms with Crippen LogP contribution in [0.25, 0.3) is 0 Å². The average Bonchev–Trinajstić information content (AvgIpc) is 2.03. The molecule has 0 radical (unpaired) electrons. The molecule has 0 N–H and O–H groups in total. The van der Waals surface area contributed by atoms with Gasteiger partial charge < -0.3 is 9.64 Å². The molecule has 2 nitrogen and oxygen atoms in total. The first-order chi connectivity index (χ1) is 5.99. The van der Waals surface area contributed by atoms with Gasteiger partial charge in [0.1, 0.15) is 0 Å². The van der Waals surface area contributed by atoms with E-state index in [1.165, 1.54) is 19.0 Å². The van der Waals surface area contributed by atoms with Crippen molar-refractivity contribution in [2.45, 2.75) is 38.5 Å². The first-order valence-electron chi connectivity index (χ1n) is 5.27. The van der Waals surface area contributed by atoms with Gasteiger partial charge in [0.2, 0.25) is 0 Å². The number of ether oxygens (including phenoxy) is 1. The van der Waals surface area contributed by atoms with Crippen LogP contribution in [0, 0.1) is 0 Å². The van der Waals surface area contributed by atoms with Crippen LogP contribution < -0.4 is 0 Å². The molecule has 0 aliphatic carbocycles. The summed E-state index contributed by atoms with van der Waals surface area (Å²) < 4.78 is 5.49. The molecule has 1 unspecified atom stereocenters. The molecule has 0 spiro atoms. The van der Waals surface area contributed by atoms with Crippen molar-refractivity contribution in [2.75, 3.05) is 26.4 Å². The highest BCUT2D eigenvalue weighted by Crippen LogP contribution is 2.14. The third-order valence-electron chi connectivity index (χ3n) is 2.48. The Kier molecular flexibility index (Phi) is 3.95. The van der Waals surface area contributed by atoms with E-state index in [0.29, 0.717) is 6.04 Å². The van der Waals surface area contributed by atoms with Gasteiger partial charge in [-0.15, -0.1) is 0 Å². The van der Waals surface area contributed by atoms with Crippen LogP contribution in [0.5, 0.6) is 0 Å². The van der Waals surface area contributed by atoms with E-state index >= 15 is 0 Å². The molecule has 3 heteroatoms. The number of rotatable bonds is 3. The van der Waals surface area contributed by atoms with Crippen LogP contribution in [0.15, 0.2) is 0 Å². The highest BCUT2D eigenvalue weighted by Gasteiger charge is 2.23. The molecule has 0 aromatic heterocycles. The summed E-state index contributed by atoms with van der Waals surface area (Å²) in [4.78, 5) is 2.51. The van der Waals surface area contributed by atoms with Gasteiger partial charge in [0.05, 0.1) is 14.7 Å². The molecule has 1 aliphatic rings. The van der Waals surface area contributed by atoms with Crippen molar-refractivity contribution in [3.63, 3.8) is 0 Å². The van der Waals surface area contributed by atoms with Gasteiger partial charge >= 0.3 is 0 Å². The predicted octanol–water partition coefficient (Wildman–Crippen LogP) is 1.97. The molecule has 0 aromatic rings. The highest BCUT2D eigenvalue weighted by atomic mass is 28.3. The van der Waals surface area contributed by atoms with Crippen molar-refractivity contribution in [1.82, 2.24) is 4.90 Å². The number of likely N-dealkylation sites (N-methyl/N-ethyl adjacent to an activating group) is 1. The summed E-state index contributed by atoms with van der Waals surface area (Å²) in [7, 11) is 1.31. The van der Waals surface area contributed by atoms with Gasteiger partial charge in [0, 0.05) is 12.6 Å². The smallest absolute Gasteiger partial charge is 0.0621 e. The summed E-state index contributed by atoms with van der Waals surface area (Å²) in [5, 5.41) is 0. The van der Waals surface area contributed by atoms with Crippen LogP contribution in [0.1, 0.15) is 12.8 Å². The third kappa shape index (κ3) is 4.25. The standard InChI is InChI=1S/C10H23NOSi/c1-11(9-13(2,3)4)10-6-5-7-12-8-10/h10H,5-9H2,1-4H3. The van der Waals surface area contributed by atoms with Gasteiger partial charge in [0.25, 0.3) is 0 Å². The molecule has 0 bridgehead atoms. The number of nitrogens with zero attached hydrogens (tertiary/aromatic N) is 1. The summed E-state index contributed by atoms with van der Waals surface area (Å²) in [5.74, 6) is 0. The Morgan fingerprint density at radius 1 is 1.38 bits per heavy atom. The first-order valence-corrected chi connectivity index (χ1v) is 8.98. The zero-order valence-electron chi connectivity index (χ0n) is 9.47. The quantitative estimate of drug-likeness (QED) is 0.647. The van der Waals surface area contributed by atoms with Gasteiger partial charge in [-0.3, -0.25) is 0 Å². The van der Waals surface area contributed by atoms with Gasteiger partial charge in [-0.2, -0.15) is 0 Å². The van der Waals surface area contributed by atoms with Gasteiger partial charge in [-0.25, -0.2) is 0 Å². The van der Waals surface area contributed by atoms with E-state index in [0.717, 1.165) is 13.2 Å². The van der Waals surface area contributed by atoms with Crippen LogP contribution in [-0.2, 0) is 4.74 Å². The van der Waals surface area contributed by atoms with Crippen LogP contribution in [0.3, 0.4) is 0 Å². The van der Waals surface area contributed by atoms with Crippen molar-refractivity contribution in [2.24, 2.45) is 0 Å². The molecule has 1 fully saturated rings. The van der Waals surface area contributed by atoms with Crippen LogP contribution in [-0.4, -0.2) is 45.4 Å². The molecule has 1 aliphatic heterocycles. The molecular formula is C10H23NOSi. The van der Waals surface area contributed by atoms with E-state index in [1.807, 2.05) is 0 Å². The number of hydrogen-bond acceptors (Lipinski definition) is 2. The van der Waals surface area contributed by atoms with Crippen molar-refractivity contribution in [3.05, 3.63) is 0 Å². The Hall–Kier alpha value is 0.137. The molecule has 0 amide bonds. The highest BCUT2D eigenvalue weighted by molar-refractivity contribution is 6.76. The molecule has 1 heterocycles. The fourth-order valence-corrected chi connectivity index (χ4v) is 3.70. The molecule has 0 aromatic carbocycles. The lowest BCUT2D eigenvalue weighted by atomic mass is 10.1. The van der Waals surface area contributed by atoms with Gasteiger partial charge in [0.15, 0.2) is 0 Å². The maximum absolute atomic E-state index is 5.49. The molecule has 13 heavy (non-hydrogen) atoms. The summed E-state index contributed by atoms with van der Waals surface area (Å²) >= 11 is 0. The summed E-state index contributed by atoms with van der Waals surface area (Å²) in [6.07, 6.45) is 3.85. The minimum absolute atomic E-state index is 0.681. The van der Waals surface area contributed by atoms with Crippen molar-refractivity contribution in [3.8, 4) is 0 Å². The largest absolute Gasteiger partial charge is 0.380 e. The minimum atomic E-state index is -0.934. The lowest BCUT2D eigenvalue weighted by Crippen LogP contribution is -2.46. The Morgan fingerprint density at radius 2 is 2.08 bits per heavy atom. The van der Waals surface area contributed by atoms with Crippen molar-refractivity contribution < 1.29 is 4.74 Å². The van der Waals surface area contributed by atoms with E-state index in [1.54, 1.807) is 0 Å². The molecular weight excluding hydrogens is 178 g/mol. The molecule has 1 rings (SSSR count). The van der Waals surface area contributed by atoms with Crippen LogP contribution in [0.4, 0.5) is 0 Å². The molecule has 78 valence electrons. The first kappa shape index (κ1) is 11.2. The summed E-state index contributed by atoms with van der Waals surface area (Å²) in [6.45, 7) is 9.19. The van der Waals surface area contributed by atoms with E-state index in [9.17, 15) is 0 Å². The maximum Gasteiger partial charge on any atom is 0.0621 e. The maximum atomic E-state index is 5.49. The molecule has 1 atom stereocenters. The second kappa shape index (κ2) is 4.58. The van der Waals surface area contributed by atoms with E-state index in [4.69, 9.17) is 4.74 Å². The molecule has 0 saturated carbocycles. The topological polar surface area (TPSA) is 12.5 Å². The fraction of sp³-hybridized carbons (Fsp3) is 1.00. The Labute approximate surface area is 83.3 Å². The predicted molar refractivity (Wildman–Crippen MR) is 59.8 cm³/mol. The van der Waals surface area contributed by atoms with Crippen molar-refractivity contribution in [1.29, 1.82) is 0 Å². The normalized spacial score (nSPS) is 25.2.